The Morgan fingerprint density at radius 3 is 2.70 bits per heavy atom. The summed E-state index contributed by atoms with van der Waals surface area (Å²) in [6.07, 6.45) is 0.149. The molecule has 0 saturated carbocycles. The van der Waals surface area contributed by atoms with Crippen LogP contribution in [0.1, 0.15) is 5.56 Å². The normalized spacial score (nSPS) is 11.9. The van der Waals surface area contributed by atoms with Crippen LogP contribution in [0.5, 0.6) is 0 Å². The molecule has 0 atom stereocenters. The predicted molar refractivity (Wildman–Crippen MR) is 104 cm³/mol. The molecule has 0 N–H and O–H groups in total. The molecular formula is C18H16ClN3O4S. The van der Waals surface area contributed by atoms with E-state index < -0.39 is 4.92 Å². The molecule has 9 heteroatoms. The number of nitrogens with zero attached hydrogens (tertiary/aromatic N) is 3. The number of rotatable bonds is 6. The number of non-ortho nitro benzene ring substituents is 1. The van der Waals surface area contributed by atoms with E-state index in [-0.39, 0.29) is 18.0 Å². The third-order valence-corrected chi connectivity index (χ3v) is 5.18. The smallest absolute Gasteiger partial charge is 0.270 e. The van der Waals surface area contributed by atoms with Crippen molar-refractivity contribution >= 4 is 44.7 Å². The Balaban J connectivity index is 1.99. The molecule has 7 nitrogen and oxygen atoms in total. The zero-order valence-electron chi connectivity index (χ0n) is 14.4. The molecule has 2 aromatic carbocycles. The van der Waals surface area contributed by atoms with Crippen molar-refractivity contribution in [1.82, 2.24) is 4.57 Å². The van der Waals surface area contributed by atoms with Gasteiger partial charge in [-0.05, 0) is 23.8 Å². The van der Waals surface area contributed by atoms with Crippen LogP contribution in [0.2, 0.25) is 5.02 Å². The van der Waals surface area contributed by atoms with Gasteiger partial charge < -0.3 is 9.30 Å². The highest BCUT2D eigenvalue weighted by Gasteiger charge is 2.13. The van der Waals surface area contributed by atoms with Gasteiger partial charge in [0.15, 0.2) is 4.80 Å². The molecule has 0 fully saturated rings. The molecule has 1 heterocycles. The molecule has 3 rings (SSSR count). The minimum Gasteiger partial charge on any atom is -0.383 e. The van der Waals surface area contributed by atoms with Crippen LogP contribution in [0.15, 0.2) is 47.5 Å². The van der Waals surface area contributed by atoms with Gasteiger partial charge >= 0.3 is 0 Å². The summed E-state index contributed by atoms with van der Waals surface area (Å²) in [5, 5.41) is 11.6. The zero-order valence-corrected chi connectivity index (χ0v) is 16.0. The van der Waals surface area contributed by atoms with E-state index in [9.17, 15) is 14.9 Å². The summed E-state index contributed by atoms with van der Waals surface area (Å²) in [6.45, 7) is 0.919. The molecule has 27 heavy (non-hydrogen) atoms. The number of nitro benzene ring substituents is 1. The number of fused-ring (bicyclic) bond motifs is 1. The molecule has 140 valence electrons. The number of nitro groups is 1. The highest BCUT2D eigenvalue weighted by Crippen LogP contribution is 2.23. The standard InChI is InChI=1S/C18H16ClN3O4S/c1-26-9-8-21-15-7-6-14(22(24)25)11-16(15)27-18(21)20-17(23)10-12-2-4-13(19)5-3-12/h2-7,11H,8-10H2,1H3. The number of aromatic nitrogens is 1. The number of benzene rings is 2. The van der Waals surface area contributed by atoms with Crippen molar-refractivity contribution in [2.45, 2.75) is 13.0 Å². The van der Waals surface area contributed by atoms with E-state index in [2.05, 4.69) is 4.99 Å². The summed E-state index contributed by atoms with van der Waals surface area (Å²) in [7, 11) is 1.59. The van der Waals surface area contributed by atoms with Crippen LogP contribution >= 0.6 is 22.9 Å². The fraction of sp³-hybridized carbons (Fsp3) is 0.222. The molecule has 0 aliphatic rings. The van der Waals surface area contributed by atoms with Crippen LogP contribution in [0.3, 0.4) is 0 Å². The highest BCUT2D eigenvalue weighted by atomic mass is 35.5. The largest absolute Gasteiger partial charge is 0.383 e. The number of hydrogen-bond acceptors (Lipinski definition) is 5. The van der Waals surface area contributed by atoms with Gasteiger partial charge in [0.05, 0.1) is 28.2 Å². The fourth-order valence-electron chi connectivity index (χ4n) is 2.58. The maximum absolute atomic E-state index is 12.4. The second-order valence-corrected chi connectivity index (χ2v) is 7.19. The van der Waals surface area contributed by atoms with Gasteiger partial charge in [-0.1, -0.05) is 35.1 Å². The van der Waals surface area contributed by atoms with Gasteiger partial charge in [-0.15, -0.1) is 0 Å². The summed E-state index contributed by atoms with van der Waals surface area (Å²) >= 11 is 7.10. The number of thiazole rings is 1. The molecule has 0 aliphatic heterocycles. The van der Waals surface area contributed by atoms with Gasteiger partial charge in [0.25, 0.3) is 11.6 Å². The third kappa shape index (κ3) is 4.60. The second-order valence-electron chi connectivity index (χ2n) is 5.75. The summed E-state index contributed by atoms with van der Waals surface area (Å²) < 4.78 is 7.66. The number of amides is 1. The van der Waals surface area contributed by atoms with Crippen molar-refractivity contribution in [1.29, 1.82) is 0 Å². The molecule has 0 unspecified atom stereocenters. The maximum atomic E-state index is 12.4. The Kier molecular flexibility index (Phi) is 6.00. The highest BCUT2D eigenvalue weighted by molar-refractivity contribution is 7.16. The topological polar surface area (TPSA) is 86.7 Å². The molecule has 0 saturated heterocycles. The molecule has 3 aromatic rings. The number of halogens is 1. The van der Waals surface area contributed by atoms with Crippen LogP contribution in [0.25, 0.3) is 10.2 Å². The van der Waals surface area contributed by atoms with Gasteiger partial charge in [-0.2, -0.15) is 4.99 Å². The minimum atomic E-state index is -0.443. The molecular weight excluding hydrogens is 390 g/mol. The van der Waals surface area contributed by atoms with E-state index in [0.29, 0.717) is 27.7 Å². The molecule has 1 amide bonds. The summed E-state index contributed by atoms with van der Waals surface area (Å²) in [5.74, 6) is -0.301. The predicted octanol–water partition coefficient (Wildman–Crippen LogP) is 3.58. The number of methoxy groups -OCH3 is 1. The van der Waals surface area contributed by atoms with Crippen molar-refractivity contribution in [3.05, 3.63) is 68.0 Å². The summed E-state index contributed by atoms with van der Waals surface area (Å²) in [6, 6.07) is 11.6. The van der Waals surface area contributed by atoms with Gasteiger partial charge in [-0.25, -0.2) is 0 Å². The Bertz CT molecular complexity index is 1060. The Morgan fingerprint density at radius 2 is 2.04 bits per heavy atom. The quantitative estimate of drug-likeness (QED) is 0.463. The molecule has 1 aromatic heterocycles. The van der Waals surface area contributed by atoms with E-state index in [1.54, 1.807) is 37.4 Å². The first-order valence-electron chi connectivity index (χ1n) is 8.06. The third-order valence-electron chi connectivity index (χ3n) is 3.89. The van der Waals surface area contributed by atoms with Crippen LogP contribution in [0.4, 0.5) is 5.69 Å². The molecule has 0 spiro atoms. The first-order chi connectivity index (χ1) is 13.0. The number of hydrogen-bond donors (Lipinski definition) is 0. The van der Waals surface area contributed by atoms with Crippen molar-refractivity contribution < 1.29 is 14.5 Å². The minimum absolute atomic E-state index is 0.00156. The van der Waals surface area contributed by atoms with Crippen molar-refractivity contribution in [2.75, 3.05) is 13.7 Å². The number of carbonyl (C=O) groups excluding carboxylic acids is 1. The Morgan fingerprint density at radius 1 is 1.30 bits per heavy atom. The number of ether oxygens (including phenoxy) is 1. The van der Waals surface area contributed by atoms with E-state index in [1.165, 1.54) is 23.5 Å². The lowest BCUT2D eigenvalue weighted by Crippen LogP contribution is -2.19. The number of carbonyl (C=O) groups is 1. The van der Waals surface area contributed by atoms with Gasteiger partial charge in [0.1, 0.15) is 0 Å². The first kappa shape index (κ1) is 19.2. The van der Waals surface area contributed by atoms with E-state index in [4.69, 9.17) is 16.3 Å². The average Bonchev–Trinajstić information content (AvgIpc) is 2.97. The molecule has 0 bridgehead atoms. The maximum Gasteiger partial charge on any atom is 0.270 e. The lowest BCUT2D eigenvalue weighted by Gasteiger charge is -2.04. The zero-order chi connectivity index (χ0) is 19.4. The molecule has 0 radical (unpaired) electrons. The molecule has 0 aliphatic carbocycles. The van der Waals surface area contributed by atoms with Crippen LogP contribution in [-0.2, 0) is 22.5 Å². The van der Waals surface area contributed by atoms with Crippen LogP contribution < -0.4 is 4.80 Å². The Labute approximate surface area is 163 Å². The SMILES string of the molecule is COCCn1c(=NC(=O)Cc2ccc(Cl)cc2)sc2cc([N+](=O)[O-])ccc21. The van der Waals surface area contributed by atoms with Gasteiger partial charge in [0, 0.05) is 30.8 Å². The van der Waals surface area contributed by atoms with E-state index in [0.717, 1.165) is 11.1 Å². The summed E-state index contributed by atoms with van der Waals surface area (Å²) in [5.41, 5.74) is 1.59. The van der Waals surface area contributed by atoms with Gasteiger partial charge in [-0.3, -0.25) is 14.9 Å². The summed E-state index contributed by atoms with van der Waals surface area (Å²) in [4.78, 5) is 27.7. The van der Waals surface area contributed by atoms with E-state index in [1.807, 2.05) is 4.57 Å². The van der Waals surface area contributed by atoms with E-state index >= 15 is 0 Å². The van der Waals surface area contributed by atoms with Crippen LogP contribution in [0, 0.1) is 10.1 Å². The van der Waals surface area contributed by atoms with Crippen LogP contribution in [-0.4, -0.2) is 29.1 Å². The van der Waals surface area contributed by atoms with Gasteiger partial charge in [0.2, 0.25) is 0 Å². The van der Waals surface area contributed by atoms with Crippen molar-refractivity contribution in [3.8, 4) is 0 Å². The lowest BCUT2D eigenvalue weighted by atomic mass is 10.1. The monoisotopic (exact) mass is 405 g/mol. The first-order valence-corrected chi connectivity index (χ1v) is 9.26. The fourth-order valence-corrected chi connectivity index (χ4v) is 3.81. The van der Waals surface area contributed by atoms with Crippen molar-refractivity contribution in [2.24, 2.45) is 4.99 Å². The second kappa shape index (κ2) is 8.43. The lowest BCUT2D eigenvalue weighted by molar-refractivity contribution is -0.384. The Hall–Kier alpha value is -2.55. The van der Waals surface area contributed by atoms with Crippen molar-refractivity contribution in [3.63, 3.8) is 0 Å². The average molecular weight is 406 g/mol.